The molecule has 3 atom stereocenters. The molecule has 1 amide bonds. The summed E-state index contributed by atoms with van der Waals surface area (Å²) in [7, 11) is 0. The van der Waals surface area contributed by atoms with Gasteiger partial charge in [-0.05, 0) is 55.9 Å². The van der Waals surface area contributed by atoms with Crippen LogP contribution in [-0.2, 0) is 11.0 Å². The first kappa shape index (κ1) is 23.2. The van der Waals surface area contributed by atoms with Crippen molar-refractivity contribution in [3.63, 3.8) is 0 Å². The number of nitrogens with two attached hydrogens (primary N) is 1. The summed E-state index contributed by atoms with van der Waals surface area (Å²) >= 11 is 0. The van der Waals surface area contributed by atoms with Crippen LogP contribution >= 0.6 is 0 Å². The summed E-state index contributed by atoms with van der Waals surface area (Å²) < 4.78 is 44.1. The van der Waals surface area contributed by atoms with Crippen molar-refractivity contribution in [1.82, 2.24) is 9.88 Å². The summed E-state index contributed by atoms with van der Waals surface area (Å²) in [6.07, 6.45) is 1.06. The van der Waals surface area contributed by atoms with Gasteiger partial charge in [-0.3, -0.25) is 4.79 Å². The molecule has 4 bridgehead atoms. The van der Waals surface area contributed by atoms with E-state index in [-0.39, 0.29) is 35.8 Å². The van der Waals surface area contributed by atoms with Gasteiger partial charge in [0.2, 0.25) is 11.8 Å². The average molecular weight is 481 g/mol. The van der Waals surface area contributed by atoms with E-state index in [1.54, 1.807) is 0 Å². The van der Waals surface area contributed by atoms with E-state index < -0.39 is 17.2 Å². The smallest absolute Gasteiger partial charge is 0.417 e. The van der Waals surface area contributed by atoms with Gasteiger partial charge in [0.1, 0.15) is 5.84 Å². The van der Waals surface area contributed by atoms with Crippen molar-refractivity contribution in [2.24, 2.45) is 45.4 Å². The van der Waals surface area contributed by atoms with Gasteiger partial charge in [0.25, 0.3) is 0 Å². The molecule has 6 rings (SSSR count). The third kappa shape index (κ3) is 3.60. The van der Waals surface area contributed by atoms with Crippen LogP contribution in [0.3, 0.4) is 0 Å². The van der Waals surface area contributed by atoms with Crippen molar-refractivity contribution in [3.8, 4) is 5.88 Å². The largest absolute Gasteiger partial charge is 0.477 e. The van der Waals surface area contributed by atoms with E-state index in [1.165, 1.54) is 6.07 Å². The second-order valence-electron chi connectivity index (χ2n) is 11.3. The molecular formula is C24H31F3N4O3. The zero-order valence-electron chi connectivity index (χ0n) is 19.4. The number of rotatable bonds is 5. The lowest BCUT2D eigenvalue weighted by Gasteiger charge is -2.61. The van der Waals surface area contributed by atoms with E-state index >= 15 is 0 Å². The number of halogens is 3. The molecule has 34 heavy (non-hydrogen) atoms. The number of pyridine rings is 1. The second-order valence-corrected chi connectivity index (χ2v) is 11.3. The molecule has 1 aromatic heterocycles. The molecule has 1 aromatic rings. The molecule has 2 heterocycles. The van der Waals surface area contributed by atoms with E-state index in [0.29, 0.717) is 30.1 Å². The number of hydrogen-bond acceptors (Lipinski definition) is 5. The van der Waals surface area contributed by atoms with E-state index in [2.05, 4.69) is 10.1 Å². The minimum absolute atomic E-state index is 0.0943. The number of amides is 1. The highest BCUT2D eigenvalue weighted by Crippen LogP contribution is 2.62. The monoisotopic (exact) mass is 480 g/mol. The first-order valence-electron chi connectivity index (χ1n) is 11.9. The molecule has 1 saturated heterocycles. The van der Waals surface area contributed by atoms with Gasteiger partial charge < -0.3 is 20.6 Å². The molecular weight excluding hydrogens is 449 g/mol. The van der Waals surface area contributed by atoms with Gasteiger partial charge in [-0.2, -0.15) is 13.2 Å². The summed E-state index contributed by atoms with van der Waals surface area (Å²) in [6.45, 7) is 4.58. The number of hydrogen-bond donors (Lipinski definition) is 2. The maximum atomic E-state index is 13.5. The van der Waals surface area contributed by atoms with Crippen molar-refractivity contribution in [2.45, 2.75) is 58.2 Å². The van der Waals surface area contributed by atoms with Crippen LogP contribution in [0.4, 0.5) is 13.2 Å². The Balaban J connectivity index is 1.29. The Kier molecular flexibility index (Phi) is 5.29. The molecule has 5 fully saturated rings. The molecule has 1 aliphatic heterocycles. The molecule has 4 saturated carbocycles. The van der Waals surface area contributed by atoms with Gasteiger partial charge in [-0.25, -0.2) is 4.98 Å². The fraction of sp³-hybridized carbons (Fsp3) is 0.708. The number of ether oxygens (including phenoxy) is 1. The van der Waals surface area contributed by atoms with Crippen molar-refractivity contribution in [1.29, 1.82) is 0 Å². The Morgan fingerprint density at radius 3 is 2.50 bits per heavy atom. The Hall–Kier alpha value is -2.52. The summed E-state index contributed by atoms with van der Waals surface area (Å²) in [5, 5.41) is 12.7. The van der Waals surface area contributed by atoms with Crippen LogP contribution < -0.4 is 10.5 Å². The van der Waals surface area contributed by atoms with E-state index in [4.69, 9.17) is 10.5 Å². The lowest BCUT2D eigenvalue weighted by molar-refractivity contribution is -0.147. The Labute approximate surface area is 196 Å². The normalized spacial score (nSPS) is 36.9. The molecule has 10 heteroatoms. The first-order valence-corrected chi connectivity index (χ1v) is 11.9. The predicted octanol–water partition coefficient (Wildman–Crippen LogP) is 3.91. The number of likely N-dealkylation sites (tertiary alicyclic amines) is 1. The number of carbonyl (C=O) groups is 1. The summed E-state index contributed by atoms with van der Waals surface area (Å²) in [5.74, 6) is 1.62. The third-order valence-electron chi connectivity index (χ3n) is 8.98. The summed E-state index contributed by atoms with van der Waals surface area (Å²) in [6, 6.07) is 2.30. The average Bonchev–Trinajstić information content (AvgIpc) is 2.99. The lowest BCUT2D eigenvalue weighted by Crippen LogP contribution is -2.62. The van der Waals surface area contributed by atoms with Gasteiger partial charge in [-0.15, -0.1) is 0 Å². The highest BCUT2D eigenvalue weighted by Gasteiger charge is 2.61. The van der Waals surface area contributed by atoms with E-state index in [0.717, 1.165) is 44.4 Å². The number of oxime groups is 1. The van der Waals surface area contributed by atoms with Crippen LogP contribution in [0.5, 0.6) is 5.88 Å². The molecule has 5 aliphatic rings. The van der Waals surface area contributed by atoms with Crippen LogP contribution in [0, 0.1) is 34.5 Å². The molecule has 0 aromatic carbocycles. The van der Waals surface area contributed by atoms with Crippen molar-refractivity contribution >= 4 is 11.7 Å². The highest BCUT2D eigenvalue weighted by molar-refractivity contribution is 5.87. The van der Waals surface area contributed by atoms with Crippen molar-refractivity contribution in [3.05, 3.63) is 23.9 Å². The van der Waals surface area contributed by atoms with Crippen molar-refractivity contribution in [2.75, 3.05) is 13.2 Å². The van der Waals surface area contributed by atoms with Gasteiger partial charge in [-0.1, -0.05) is 19.0 Å². The lowest BCUT2D eigenvalue weighted by atomic mass is 9.47. The molecule has 4 aliphatic carbocycles. The minimum Gasteiger partial charge on any atom is -0.477 e. The molecule has 3 N–H and O–H groups in total. The van der Waals surface area contributed by atoms with Crippen LogP contribution in [0.25, 0.3) is 0 Å². The van der Waals surface area contributed by atoms with Crippen molar-refractivity contribution < 1.29 is 27.9 Å². The fourth-order valence-electron chi connectivity index (χ4n) is 7.36. The molecule has 0 spiro atoms. The topological polar surface area (TPSA) is 101 Å². The minimum atomic E-state index is -4.45. The number of nitrogens with zero attached hydrogens (tertiary/aromatic N) is 3. The zero-order chi connectivity index (χ0) is 24.5. The molecule has 3 unspecified atom stereocenters. The number of alkyl halides is 3. The Morgan fingerprint density at radius 1 is 1.26 bits per heavy atom. The maximum Gasteiger partial charge on any atom is 0.417 e. The summed E-state index contributed by atoms with van der Waals surface area (Å²) in [4.78, 5) is 19.4. The SMILES string of the molecule is CC1(C)C(=O)N(C2C3CC4CC2CC(C(N)=NO)(C4)C3)CC1COc1ccc(C(F)(F)F)cn1. The van der Waals surface area contributed by atoms with E-state index in [1.807, 2.05) is 18.7 Å². The summed E-state index contributed by atoms with van der Waals surface area (Å²) in [5.41, 5.74) is 4.40. The molecule has 0 radical (unpaired) electrons. The second kappa shape index (κ2) is 7.75. The van der Waals surface area contributed by atoms with Gasteiger partial charge in [0.05, 0.1) is 17.6 Å². The number of aromatic nitrogens is 1. The fourth-order valence-corrected chi connectivity index (χ4v) is 7.36. The molecule has 186 valence electrons. The van der Waals surface area contributed by atoms with Crippen LogP contribution in [0.1, 0.15) is 51.5 Å². The van der Waals surface area contributed by atoms with Crippen LogP contribution in [-0.4, -0.2) is 46.0 Å². The highest BCUT2D eigenvalue weighted by atomic mass is 19.4. The number of carbonyl (C=O) groups excluding carboxylic acids is 1. The quantitative estimate of drug-likeness (QED) is 0.288. The first-order chi connectivity index (χ1) is 15.9. The van der Waals surface area contributed by atoms with Gasteiger partial charge >= 0.3 is 6.18 Å². The Bertz CT molecular complexity index is 978. The Morgan fingerprint density at radius 2 is 1.94 bits per heavy atom. The third-order valence-corrected chi connectivity index (χ3v) is 8.98. The van der Waals surface area contributed by atoms with Gasteiger partial charge in [0, 0.05) is 36.2 Å². The van der Waals surface area contributed by atoms with Crippen LogP contribution in [0.2, 0.25) is 0 Å². The van der Waals surface area contributed by atoms with E-state index in [9.17, 15) is 23.2 Å². The molecule has 7 nitrogen and oxygen atoms in total. The number of amidine groups is 1. The zero-order valence-corrected chi connectivity index (χ0v) is 19.4. The maximum absolute atomic E-state index is 13.5. The predicted molar refractivity (Wildman–Crippen MR) is 117 cm³/mol. The van der Waals surface area contributed by atoms with Gasteiger partial charge in [0.15, 0.2) is 0 Å². The standard InChI is InChI=1S/C24H31F3N4O3/c1-22(2)17(12-34-18-4-3-16(10-29-18)24(25,26)27)11-31(21(22)32)19-14-5-13-6-15(19)9-23(7-13,8-14)20(28)30-33/h3-4,10,13-15,17,19,33H,5-9,11-12H2,1-2H3,(H2,28,30). The van der Waals surface area contributed by atoms with Crippen LogP contribution in [0.15, 0.2) is 23.5 Å².